The molecule has 1 atom stereocenters. The van der Waals surface area contributed by atoms with Crippen molar-refractivity contribution >= 4 is 15.8 Å². The van der Waals surface area contributed by atoms with Crippen LogP contribution in [0.15, 0.2) is 23.1 Å². The average Bonchev–Trinajstić information content (AvgIpc) is 2.27. The monoisotopic (exact) mass is 284 g/mol. The number of hydrogen-bond donors (Lipinski definition) is 1. The highest BCUT2D eigenvalue weighted by Crippen LogP contribution is 2.22. The first-order valence-electron chi connectivity index (χ1n) is 6.35. The molecule has 0 aliphatic rings. The van der Waals surface area contributed by atoms with Gasteiger partial charge in [-0.2, -0.15) is 0 Å². The zero-order chi connectivity index (χ0) is 14.6. The van der Waals surface area contributed by atoms with Crippen molar-refractivity contribution in [2.45, 2.75) is 38.5 Å². The first-order valence-corrected chi connectivity index (χ1v) is 8.00. The molecule has 0 aliphatic heterocycles. The van der Waals surface area contributed by atoms with E-state index >= 15 is 0 Å². The zero-order valence-corrected chi connectivity index (χ0v) is 12.3. The summed E-state index contributed by atoms with van der Waals surface area (Å²) in [5, 5.41) is 9.03. The van der Waals surface area contributed by atoms with E-state index in [1.165, 1.54) is 18.2 Å². The van der Waals surface area contributed by atoms with Crippen molar-refractivity contribution < 1.29 is 18.3 Å². The number of sulfone groups is 1. The van der Waals surface area contributed by atoms with E-state index < -0.39 is 15.8 Å². The van der Waals surface area contributed by atoms with Gasteiger partial charge >= 0.3 is 5.97 Å². The number of rotatable bonds is 6. The van der Waals surface area contributed by atoms with E-state index in [4.69, 9.17) is 5.11 Å². The maximum absolute atomic E-state index is 12.3. The lowest BCUT2D eigenvalue weighted by Crippen LogP contribution is -2.16. The predicted molar refractivity (Wildman–Crippen MR) is 74.3 cm³/mol. The van der Waals surface area contributed by atoms with Gasteiger partial charge in [0.15, 0.2) is 9.84 Å². The minimum absolute atomic E-state index is 0.0456. The molecule has 0 fully saturated rings. The Hall–Kier alpha value is -1.36. The summed E-state index contributed by atoms with van der Waals surface area (Å²) in [6.45, 7) is 5.46. The molecule has 1 rings (SSSR count). The van der Waals surface area contributed by atoms with Crippen LogP contribution in [0.2, 0.25) is 0 Å². The molecule has 0 bridgehead atoms. The summed E-state index contributed by atoms with van der Waals surface area (Å²) in [4.78, 5) is 11.2. The Morgan fingerprint density at radius 2 is 2.00 bits per heavy atom. The Morgan fingerprint density at radius 1 is 1.37 bits per heavy atom. The van der Waals surface area contributed by atoms with Crippen LogP contribution < -0.4 is 0 Å². The van der Waals surface area contributed by atoms with Crippen molar-refractivity contribution in [3.05, 3.63) is 29.3 Å². The van der Waals surface area contributed by atoms with Crippen molar-refractivity contribution in [2.24, 2.45) is 5.92 Å². The van der Waals surface area contributed by atoms with Gasteiger partial charge in [-0.25, -0.2) is 13.2 Å². The summed E-state index contributed by atoms with van der Waals surface area (Å²) in [6.07, 6.45) is 1.78. The second-order valence-electron chi connectivity index (χ2n) is 4.91. The van der Waals surface area contributed by atoms with Gasteiger partial charge in [0.2, 0.25) is 0 Å². The summed E-state index contributed by atoms with van der Waals surface area (Å²) in [5.41, 5.74) is 0.364. The van der Waals surface area contributed by atoms with Crippen molar-refractivity contribution in [3.63, 3.8) is 0 Å². The first kappa shape index (κ1) is 15.7. The second-order valence-corrected chi connectivity index (χ2v) is 6.91. The third kappa shape index (κ3) is 3.80. The summed E-state index contributed by atoms with van der Waals surface area (Å²) >= 11 is 0. The molecule has 0 spiro atoms. The molecule has 1 N–H and O–H groups in total. The molecule has 1 aromatic rings. The van der Waals surface area contributed by atoms with Gasteiger partial charge in [0, 0.05) is 0 Å². The predicted octanol–water partition coefficient (Wildman–Crippen LogP) is 2.90. The Kier molecular flexibility index (Phi) is 5.11. The molecule has 1 aromatic carbocycles. The van der Waals surface area contributed by atoms with Crippen LogP contribution >= 0.6 is 0 Å². The van der Waals surface area contributed by atoms with Crippen LogP contribution in [0.4, 0.5) is 0 Å². The fourth-order valence-corrected chi connectivity index (χ4v) is 4.18. The van der Waals surface area contributed by atoms with E-state index in [0.717, 1.165) is 12.8 Å². The SMILES string of the molecule is CCCC(C)CS(=O)(=O)c1cccc(C(=O)O)c1C. The van der Waals surface area contributed by atoms with Gasteiger partial charge in [-0.1, -0.05) is 26.3 Å². The van der Waals surface area contributed by atoms with Gasteiger partial charge in [-0.3, -0.25) is 0 Å². The van der Waals surface area contributed by atoms with Crippen LogP contribution in [-0.4, -0.2) is 25.2 Å². The molecular weight excluding hydrogens is 264 g/mol. The topological polar surface area (TPSA) is 71.4 Å². The van der Waals surface area contributed by atoms with Gasteiger partial charge in [0.05, 0.1) is 16.2 Å². The molecular formula is C14H20O4S. The molecule has 1 unspecified atom stereocenters. The Bertz CT molecular complexity index is 561. The number of carboxylic acids is 1. The van der Waals surface area contributed by atoms with Crippen LogP contribution in [-0.2, 0) is 9.84 Å². The maximum atomic E-state index is 12.3. The van der Waals surface area contributed by atoms with E-state index in [0.29, 0.717) is 5.56 Å². The zero-order valence-electron chi connectivity index (χ0n) is 11.5. The maximum Gasteiger partial charge on any atom is 0.335 e. The number of carbonyl (C=O) groups is 1. The van der Waals surface area contributed by atoms with E-state index in [-0.39, 0.29) is 22.1 Å². The molecule has 0 saturated carbocycles. The summed E-state index contributed by atoms with van der Waals surface area (Å²) in [7, 11) is -3.43. The molecule has 5 heteroatoms. The van der Waals surface area contributed by atoms with Crippen LogP contribution in [0.5, 0.6) is 0 Å². The molecule has 4 nitrogen and oxygen atoms in total. The van der Waals surface area contributed by atoms with Crippen molar-refractivity contribution in [1.82, 2.24) is 0 Å². The first-order chi connectivity index (χ1) is 8.79. The number of hydrogen-bond acceptors (Lipinski definition) is 3. The molecule has 0 amide bonds. The van der Waals surface area contributed by atoms with E-state index in [1.807, 2.05) is 13.8 Å². The molecule has 0 heterocycles. The lowest BCUT2D eigenvalue weighted by molar-refractivity contribution is 0.0696. The van der Waals surface area contributed by atoms with E-state index in [9.17, 15) is 13.2 Å². The smallest absolute Gasteiger partial charge is 0.335 e. The van der Waals surface area contributed by atoms with Gasteiger partial charge < -0.3 is 5.11 Å². The number of carboxylic acid groups (broad SMARTS) is 1. The standard InChI is InChI=1S/C14H20O4S/c1-4-6-10(2)9-19(17,18)13-8-5-7-12(11(13)3)14(15)16/h5,7-8,10H,4,6,9H2,1-3H3,(H,15,16). The minimum Gasteiger partial charge on any atom is -0.478 e. The number of benzene rings is 1. The Balaban J connectivity index is 3.15. The molecule has 0 saturated heterocycles. The van der Waals surface area contributed by atoms with Gasteiger partial charge in [-0.15, -0.1) is 0 Å². The van der Waals surface area contributed by atoms with E-state index in [1.54, 1.807) is 6.92 Å². The average molecular weight is 284 g/mol. The largest absolute Gasteiger partial charge is 0.478 e. The quantitative estimate of drug-likeness (QED) is 0.872. The fraction of sp³-hybridized carbons (Fsp3) is 0.500. The Labute approximate surface area is 114 Å². The number of aromatic carboxylic acids is 1. The third-order valence-corrected chi connectivity index (χ3v) is 5.26. The summed E-state index contributed by atoms with van der Waals surface area (Å²) in [5.74, 6) is -0.968. The molecule has 19 heavy (non-hydrogen) atoms. The van der Waals surface area contributed by atoms with Crippen molar-refractivity contribution in [2.75, 3.05) is 5.75 Å². The Morgan fingerprint density at radius 3 is 2.53 bits per heavy atom. The highest BCUT2D eigenvalue weighted by Gasteiger charge is 2.22. The fourth-order valence-electron chi connectivity index (χ4n) is 2.22. The normalized spacial score (nSPS) is 13.2. The van der Waals surface area contributed by atoms with Crippen LogP contribution in [0.25, 0.3) is 0 Å². The van der Waals surface area contributed by atoms with Gasteiger partial charge in [0.1, 0.15) is 0 Å². The molecule has 0 radical (unpaired) electrons. The van der Waals surface area contributed by atoms with Crippen molar-refractivity contribution in [1.29, 1.82) is 0 Å². The highest BCUT2D eigenvalue weighted by molar-refractivity contribution is 7.91. The third-order valence-electron chi connectivity index (χ3n) is 3.13. The van der Waals surface area contributed by atoms with Crippen molar-refractivity contribution in [3.8, 4) is 0 Å². The minimum atomic E-state index is -3.43. The highest BCUT2D eigenvalue weighted by atomic mass is 32.2. The van der Waals surface area contributed by atoms with E-state index in [2.05, 4.69) is 0 Å². The lowest BCUT2D eigenvalue weighted by Gasteiger charge is -2.13. The molecule has 0 aromatic heterocycles. The summed E-state index contributed by atoms with van der Waals surface area (Å²) in [6, 6.07) is 4.38. The van der Waals surface area contributed by atoms with Crippen LogP contribution in [0.1, 0.15) is 42.6 Å². The molecule has 0 aliphatic carbocycles. The molecule has 106 valence electrons. The van der Waals surface area contributed by atoms with Crippen LogP contribution in [0.3, 0.4) is 0 Å². The summed E-state index contributed by atoms with van der Waals surface area (Å²) < 4.78 is 24.6. The second kappa shape index (κ2) is 6.19. The van der Waals surface area contributed by atoms with Gasteiger partial charge in [-0.05, 0) is 37.0 Å². The lowest BCUT2D eigenvalue weighted by atomic mass is 10.1. The van der Waals surface area contributed by atoms with Crippen LogP contribution in [0, 0.1) is 12.8 Å². The van der Waals surface area contributed by atoms with Gasteiger partial charge in [0.25, 0.3) is 0 Å².